The molecular weight excluding hydrogens is 252 g/mol. The van der Waals surface area contributed by atoms with Crippen molar-refractivity contribution in [2.45, 2.75) is 6.92 Å². The highest BCUT2D eigenvalue weighted by atomic mass is 35.5. The molecule has 0 radical (unpaired) electrons. The van der Waals surface area contributed by atoms with Gasteiger partial charge in [0.05, 0.1) is 13.1 Å². The molecule has 0 saturated carbocycles. The van der Waals surface area contributed by atoms with Crippen LogP contribution in [0.5, 0.6) is 0 Å². The zero-order valence-electron chi connectivity index (χ0n) is 10.6. The van der Waals surface area contributed by atoms with E-state index in [1.807, 2.05) is 6.92 Å². The van der Waals surface area contributed by atoms with Crippen LogP contribution < -0.4 is 5.32 Å². The van der Waals surface area contributed by atoms with Crippen molar-refractivity contribution in [1.29, 1.82) is 0 Å². The summed E-state index contributed by atoms with van der Waals surface area (Å²) in [5.74, 6) is -0.109. The molecule has 0 heterocycles. The van der Waals surface area contributed by atoms with E-state index in [1.54, 1.807) is 36.2 Å². The van der Waals surface area contributed by atoms with E-state index in [0.717, 1.165) is 0 Å². The average molecular weight is 269 g/mol. The lowest BCUT2D eigenvalue weighted by Crippen LogP contribution is -2.37. The molecule has 18 heavy (non-hydrogen) atoms. The van der Waals surface area contributed by atoms with Gasteiger partial charge in [0.25, 0.3) is 0 Å². The van der Waals surface area contributed by atoms with Crippen LogP contribution in [0.2, 0.25) is 5.02 Å². The number of hydrogen-bond donors (Lipinski definition) is 1. The number of carbonyl (C=O) groups is 2. The van der Waals surface area contributed by atoms with Gasteiger partial charge in [-0.15, -0.1) is 0 Å². The summed E-state index contributed by atoms with van der Waals surface area (Å²) in [6.45, 7) is 2.88. The third-order valence-corrected chi connectivity index (χ3v) is 2.62. The highest BCUT2D eigenvalue weighted by Crippen LogP contribution is 2.10. The third-order valence-electron chi connectivity index (χ3n) is 2.37. The fourth-order valence-electron chi connectivity index (χ4n) is 1.53. The molecule has 98 valence electrons. The smallest absolute Gasteiger partial charge is 0.234 e. The minimum absolute atomic E-state index is 0.0292. The van der Waals surface area contributed by atoms with Crippen LogP contribution in [0.4, 0.5) is 0 Å². The molecule has 0 bridgehead atoms. The topological polar surface area (TPSA) is 49.4 Å². The van der Waals surface area contributed by atoms with Gasteiger partial charge in [-0.1, -0.05) is 11.6 Å². The maximum atomic E-state index is 11.9. The number of amides is 1. The number of Topliss-reactive ketones (excluding diaryl/α,β-unsaturated/α-hetero) is 1. The predicted octanol–water partition coefficient (Wildman–Crippen LogP) is 1.59. The SMILES string of the molecule is CCNC(=O)CN(C)CC(=O)c1ccc(Cl)cc1. The molecule has 0 spiro atoms. The molecule has 0 aliphatic carbocycles. The molecule has 0 aliphatic rings. The number of carbonyl (C=O) groups excluding carboxylic acids is 2. The fraction of sp³-hybridized carbons (Fsp3) is 0.385. The number of ketones is 1. The van der Waals surface area contributed by atoms with Crippen molar-refractivity contribution in [1.82, 2.24) is 10.2 Å². The molecule has 0 aromatic heterocycles. The molecule has 0 fully saturated rings. The summed E-state index contributed by atoms with van der Waals surface area (Å²) in [5, 5.41) is 3.29. The maximum Gasteiger partial charge on any atom is 0.234 e. The minimum atomic E-state index is -0.0797. The van der Waals surface area contributed by atoms with Crippen molar-refractivity contribution in [2.75, 3.05) is 26.7 Å². The quantitative estimate of drug-likeness (QED) is 0.797. The zero-order valence-corrected chi connectivity index (χ0v) is 11.3. The van der Waals surface area contributed by atoms with Gasteiger partial charge in [-0.2, -0.15) is 0 Å². The van der Waals surface area contributed by atoms with Gasteiger partial charge in [0.2, 0.25) is 5.91 Å². The Kier molecular flexibility index (Phi) is 5.82. The molecule has 5 heteroatoms. The maximum absolute atomic E-state index is 11.9. The van der Waals surface area contributed by atoms with Crippen molar-refractivity contribution in [3.8, 4) is 0 Å². The van der Waals surface area contributed by atoms with Gasteiger partial charge in [0.1, 0.15) is 0 Å². The van der Waals surface area contributed by atoms with Crippen LogP contribution in [-0.4, -0.2) is 43.3 Å². The molecule has 0 saturated heterocycles. The number of benzene rings is 1. The summed E-state index contributed by atoms with van der Waals surface area (Å²) < 4.78 is 0. The summed E-state index contributed by atoms with van der Waals surface area (Å²) in [4.78, 5) is 24.9. The molecule has 4 nitrogen and oxygen atoms in total. The first kappa shape index (κ1) is 14.7. The molecule has 1 aromatic carbocycles. The Bertz CT molecular complexity index is 418. The van der Waals surface area contributed by atoms with Crippen molar-refractivity contribution in [3.63, 3.8) is 0 Å². The molecule has 0 atom stereocenters. The standard InChI is InChI=1S/C13H17ClN2O2/c1-3-15-13(18)9-16(2)8-12(17)10-4-6-11(14)7-5-10/h4-7H,3,8-9H2,1-2H3,(H,15,18). The van der Waals surface area contributed by atoms with E-state index in [9.17, 15) is 9.59 Å². The van der Waals surface area contributed by atoms with Crippen molar-refractivity contribution in [3.05, 3.63) is 34.9 Å². The van der Waals surface area contributed by atoms with Crippen molar-refractivity contribution < 1.29 is 9.59 Å². The second kappa shape index (κ2) is 7.13. The largest absolute Gasteiger partial charge is 0.355 e. The van der Waals surface area contributed by atoms with Gasteiger partial charge >= 0.3 is 0 Å². The number of rotatable bonds is 6. The van der Waals surface area contributed by atoms with Crippen LogP contribution in [-0.2, 0) is 4.79 Å². The Morgan fingerprint density at radius 1 is 1.22 bits per heavy atom. The molecule has 1 rings (SSSR count). The fourth-order valence-corrected chi connectivity index (χ4v) is 1.65. The van der Waals surface area contributed by atoms with Crippen LogP contribution in [0.15, 0.2) is 24.3 Å². The normalized spacial score (nSPS) is 10.4. The first-order chi connectivity index (χ1) is 8.52. The van der Waals surface area contributed by atoms with Crippen molar-refractivity contribution in [2.24, 2.45) is 0 Å². The first-order valence-corrected chi connectivity index (χ1v) is 6.14. The van der Waals surface area contributed by atoms with E-state index in [2.05, 4.69) is 5.32 Å². The highest BCUT2D eigenvalue weighted by molar-refractivity contribution is 6.30. The second-order valence-electron chi connectivity index (χ2n) is 4.06. The minimum Gasteiger partial charge on any atom is -0.355 e. The van der Waals surface area contributed by atoms with Gasteiger partial charge in [-0.25, -0.2) is 0 Å². The number of hydrogen-bond acceptors (Lipinski definition) is 3. The zero-order chi connectivity index (χ0) is 13.5. The number of nitrogens with one attached hydrogen (secondary N) is 1. The Balaban J connectivity index is 2.49. The van der Waals surface area contributed by atoms with E-state index >= 15 is 0 Å². The van der Waals surface area contributed by atoms with Crippen LogP contribution >= 0.6 is 11.6 Å². The molecule has 1 N–H and O–H groups in total. The Hall–Kier alpha value is -1.39. The Morgan fingerprint density at radius 3 is 2.39 bits per heavy atom. The van der Waals surface area contributed by atoms with Crippen LogP contribution in [0, 0.1) is 0 Å². The highest BCUT2D eigenvalue weighted by Gasteiger charge is 2.11. The van der Waals surface area contributed by atoms with Gasteiger partial charge in [-0.05, 0) is 38.2 Å². The first-order valence-electron chi connectivity index (χ1n) is 5.77. The summed E-state index contributed by atoms with van der Waals surface area (Å²) >= 11 is 5.75. The van der Waals surface area contributed by atoms with E-state index in [4.69, 9.17) is 11.6 Å². The van der Waals surface area contributed by atoms with E-state index in [1.165, 1.54) is 0 Å². The lowest BCUT2D eigenvalue weighted by Gasteiger charge is -2.15. The van der Waals surface area contributed by atoms with E-state index < -0.39 is 0 Å². The summed E-state index contributed by atoms with van der Waals surface area (Å²) in [6, 6.07) is 6.73. The van der Waals surface area contributed by atoms with Crippen LogP contribution in [0.3, 0.4) is 0 Å². The van der Waals surface area contributed by atoms with Gasteiger partial charge in [0.15, 0.2) is 5.78 Å². The van der Waals surface area contributed by atoms with Gasteiger partial charge in [-0.3, -0.25) is 14.5 Å². The summed E-state index contributed by atoms with van der Waals surface area (Å²) in [6.07, 6.45) is 0. The number of likely N-dealkylation sites (N-methyl/N-ethyl adjacent to an activating group) is 2. The molecule has 0 unspecified atom stereocenters. The summed E-state index contributed by atoms with van der Waals surface area (Å²) in [7, 11) is 1.74. The average Bonchev–Trinajstić information content (AvgIpc) is 2.29. The van der Waals surface area contributed by atoms with E-state index in [-0.39, 0.29) is 24.8 Å². The molecule has 1 amide bonds. The summed E-state index contributed by atoms with van der Waals surface area (Å²) in [5.41, 5.74) is 0.599. The number of nitrogens with zero attached hydrogens (tertiary/aromatic N) is 1. The molecule has 0 aliphatic heterocycles. The Morgan fingerprint density at radius 2 is 1.83 bits per heavy atom. The predicted molar refractivity (Wildman–Crippen MR) is 72.0 cm³/mol. The third kappa shape index (κ3) is 4.85. The second-order valence-corrected chi connectivity index (χ2v) is 4.49. The lowest BCUT2D eigenvalue weighted by molar-refractivity contribution is -0.121. The van der Waals surface area contributed by atoms with Gasteiger partial charge < -0.3 is 5.32 Å². The number of halogens is 1. The van der Waals surface area contributed by atoms with Crippen LogP contribution in [0.25, 0.3) is 0 Å². The van der Waals surface area contributed by atoms with Gasteiger partial charge in [0, 0.05) is 17.1 Å². The lowest BCUT2D eigenvalue weighted by atomic mass is 10.1. The Labute approximate surface area is 112 Å². The monoisotopic (exact) mass is 268 g/mol. The van der Waals surface area contributed by atoms with Crippen molar-refractivity contribution >= 4 is 23.3 Å². The molecular formula is C13H17ClN2O2. The molecule has 1 aromatic rings. The van der Waals surface area contributed by atoms with E-state index in [0.29, 0.717) is 17.1 Å². The van der Waals surface area contributed by atoms with Crippen LogP contribution in [0.1, 0.15) is 17.3 Å².